The van der Waals surface area contributed by atoms with Crippen LogP contribution in [0, 0.1) is 22.7 Å². The first-order valence-corrected chi connectivity index (χ1v) is 12.6. The average molecular weight is 535 g/mol. The molecule has 0 saturated heterocycles. The lowest BCUT2D eigenvalue weighted by Crippen LogP contribution is -2.71. The Morgan fingerprint density at radius 3 is 2.59 bits per heavy atom. The number of benzene rings is 1. The van der Waals surface area contributed by atoms with Crippen molar-refractivity contribution in [2.45, 2.75) is 81.9 Å². The van der Waals surface area contributed by atoms with E-state index in [1.54, 1.807) is 0 Å². The predicted molar refractivity (Wildman–Crippen MR) is 120 cm³/mol. The van der Waals surface area contributed by atoms with Gasteiger partial charge in [-0.1, -0.05) is 43.6 Å². The van der Waals surface area contributed by atoms with Gasteiger partial charge in [0, 0.05) is 34.7 Å². The number of nitrogens with one attached hydrogen (secondary N) is 1. The molecule has 3 nitrogen and oxygen atoms in total. The molecule has 6 atom stereocenters. The van der Waals surface area contributed by atoms with Crippen molar-refractivity contribution in [2.75, 3.05) is 0 Å². The summed E-state index contributed by atoms with van der Waals surface area (Å²) >= 11 is 10.7. The number of rotatable bonds is 0. The molecule has 0 bridgehead atoms. The number of hydrogen-bond donors (Lipinski definition) is 1. The maximum absolute atomic E-state index is 13.9. The minimum absolute atomic E-state index is 0.0577. The molecule has 0 radical (unpaired) electrons. The molecule has 1 spiro atoms. The normalized spacial score (nSPS) is 39.8. The molecule has 2 saturated carbocycles. The number of hydrogen-bond acceptors (Lipinski definition) is 2. The van der Waals surface area contributed by atoms with Crippen LogP contribution >= 0.6 is 27.5 Å². The molecule has 5 rings (SSSR count). The fourth-order valence-electron chi connectivity index (χ4n) is 7.26. The van der Waals surface area contributed by atoms with Crippen LogP contribution < -0.4 is 10.1 Å². The molecule has 2 heterocycles. The second-order valence-electron chi connectivity index (χ2n) is 11.0. The maximum Gasteiger partial charge on any atom is 0.417 e. The van der Waals surface area contributed by atoms with Gasteiger partial charge >= 0.3 is 6.18 Å². The van der Waals surface area contributed by atoms with E-state index in [4.69, 9.17) is 16.3 Å². The zero-order valence-corrected chi connectivity index (χ0v) is 21.0. The first-order chi connectivity index (χ1) is 14.7. The Hall–Kier alpha value is -0.950. The Morgan fingerprint density at radius 1 is 1.25 bits per heavy atom. The van der Waals surface area contributed by atoms with Gasteiger partial charge in [0.2, 0.25) is 0 Å². The molecule has 2 unspecified atom stereocenters. The van der Waals surface area contributed by atoms with Gasteiger partial charge in [0.25, 0.3) is 5.91 Å². The van der Waals surface area contributed by atoms with Crippen molar-refractivity contribution in [1.82, 2.24) is 5.32 Å². The molecule has 4 aliphatic rings. The number of ether oxygens (including phenoxy) is 1. The van der Waals surface area contributed by atoms with Crippen LogP contribution in [0.3, 0.4) is 0 Å². The number of halogens is 5. The summed E-state index contributed by atoms with van der Waals surface area (Å²) in [7, 11) is 0. The van der Waals surface area contributed by atoms with Crippen molar-refractivity contribution >= 4 is 33.4 Å². The molecule has 1 aromatic carbocycles. The zero-order chi connectivity index (χ0) is 23.4. The SMILES string of the molecule is C[C@H]1CC[C@H]2C(C)(C)C(Br)C(Cl)C[C@]23Oc2c(cc(C(F)(F)F)c4c2CNC4=O)C[C@]13C. The Kier molecular flexibility index (Phi) is 4.85. The summed E-state index contributed by atoms with van der Waals surface area (Å²) in [6, 6.07) is 1.16. The van der Waals surface area contributed by atoms with Gasteiger partial charge in [-0.25, -0.2) is 0 Å². The first-order valence-electron chi connectivity index (χ1n) is 11.3. The van der Waals surface area contributed by atoms with E-state index in [2.05, 4.69) is 48.9 Å². The van der Waals surface area contributed by atoms with Gasteiger partial charge in [0.15, 0.2) is 0 Å². The van der Waals surface area contributed by atoms with E-state index < -0.39 is 23.2 Å². The average Bonchev–Trinajstić information content (AvgIpc) is 3.07. The summed E-state index contributed by atoms with van der Waals surface area (Å²) in [5.74, 6) is 0.237. The number of alkyl halides is 5. The van der Waals surface area contributed by atoms with Crippen molar-refractivity contribution in [2.24, 2.45) is 22.7 Å². The van der Waals surface area contributed by atoms with Gasteiger partial charge in [0.05, 0.1) is 16.5 Å². The van der Waals surface area contributed by atoms with Crippen molar-refractivity contribution in [3.63, 3.8) is 0 Å². The summed E-state index contributed by atoms with van der Waals surface area (Å²) in [6.07, 6.45) is -1.53. The fourth-order valence-corrected chi connectivity index (χ4v) is 8.32. The molecule has 8 heteroatoms. The van der Waals surface area contributed by atoms with Crippen LogP contribution in [0.15, 0.2) is 6.07 Å². The minimum Gasteiger partial charge on any atom is -0.486 e. The van der Waals surface area contributed by atoms with Gasteiger partial charge < -0.3 is 10.1 Å². The number of amides is 1. The molecule has 1 amide bonds. The molecule has 0 aromatic heterocycles. The van der Waals surface area contributed by atoms with Gasteiger partial charge in [-0.05, 0) is 42.2 Å². The van der Waals surface area contributed by atoms with E-state index in [1.807, 2.05) is 0 Å². The summed E-state index contributed by atoms with van der Waals surface area (Å²) in [4.78, 5) is 12.5. The van der Waals surface area contributed by atoms with Crippen LogP contribution in [-0.4, -0.2) is 21.7 Å². The van der Waals surface area contributed by atoms with Crippen LogP contribution in [-0.2, 0) is 19.1 Å². The monoisotopic (exact) mass is 533 g/mol. The molecule has 2 aliphatic carbocycles. The van der Waals surface area contributed by atoms with E-state index >= 15 is 0 Å². The van der Waals surface area contributed by atoms with E-state index in [-0.39, 0.29) is 45.0 Å². The van der Waals surface area contributed by atoms with E-state index in [9.17, 15) is 18.0 Å². The highest BCUT2D eigenvalue weighted by atomic mass is 79.9. The van der Waals surface area contributed by atoms with E-state index in [0.717, 1.165) is 18.9 Å². The Bertz CT molecular complexity index is 1010. The Balaban J connectivity index is 1.75. The minimum atomic E-state index is -4.60. The van der Waals surface area contributed by atoms with E-state index in [0.29, 0.717) is 29.7 Å². The lowest BCUT2D eigenvalue weighted by Gasteiger charge is -2.67. The molecular formula is C24H28BrClF3NO2. The maximum atomic E-state index is 13.9. The largest absolute Gasteiger partial charge is 0.486 e. The summed E-state index contributed by atoms with van der Waals surface area (Å²) in [6.45, 7) is 8.84. The van der Waals surface area contributed by atoms with Crippen LogP contribution in [0.4, 0.5) is 13.2 Å². The summed E-state index contributed by atoms with van der Waals surface area (Å²) < 4.78 is 48.7. The summed E-state index contributed by atoms with van der Waals surface area (Å²) in [5.41, 5.74) is -1.37. The Morgan fingerprint density at radius 2 is 1.94 bits per heavy atom. The van der Waals surface area contributed by atoms with Crippen LogP contribution in [0.25, 0.3) is 0 Å². The standard InChI is InChI=1S/C24H28BrClF3NO2/c1-11-5-6-16-21(2,3)19(25)15(26)9-23(16)22(11,4)8-12-7-14(24(27,28)29)17-13(18(12)32-23)10-30-20(17)31/h7,11,15-16,19H,5-6,8-10H2,1-4H3,(H,30,31)/t11-,15?,16-,19?,22+,23-/m0/s1. The fraction of sp³-hybridized carbons (Fsp3) is 0.708. The van der Waals surface area contributed by atoms with Crippen molar-refractivity contribution in [3.05, 3.63) is 28.3 Å². The molecule has 1 N–H and O–H groups in total. The third-order valence-corrected chi connectivity index (χ3v) is 11.7. The quantitative estimate of drug-likeness (QED) is 0.387. The topological polar surface area (TPSA) is 38.3 Å². The number of carbonyl (C=O) groups is 1. The first kappa shape index (κ1) is 22.8. The molecule has 1 aromatic rings. The highest BCUT2D eigenvalue weighted by Gasteiger charge is 2.69. The van der Waals surface area contributed by atoms with Gasteiger partial charge in [0.1, 0.15) is 11.4 Å². The molecule has 176 valence electrons. The molecule has 2 aliphatic heterocycles. The zero-order valence-electron chi connectivity index (χ0n) is 18.6. The van der Waals surface area contributed by atoms with Crippen molar-refractivity contribution < 1.29 is 22.7 Å². The van der Waals surface area contributed by atoms with E-state index in [1.165, 1.54) is 0 Å². The number of fused-ring (bicyclic) bond motifs is 3. The van der Waals surface area contributed by atoms with Crippen LogP contribution in [0.5, 0.6) is 5.75 Å². The highest BCUT2D eigenvalue weighted by Crippen LogP contribution is 2.67. The lowest BCUT2D eigenvalue weighted by molar-refractivity contribution is -0.207. The number of carbonyl (C=O) groups excluding carboxylic acids is 1. The highest BCUT2D eigenvalue weighted by molar-refractivity contribution is 9.09. The molecule has 2 fully saturated rings. The second-order valence-corrected chi connectivity index (χ2v) is 12.6. The Labute approximate surface area is 199 Å². The van der Waals surface area contributed by atoms with Gasteiger partial charge in [-0.3, -0.25) is 4.79 Å². The lowest BCUT2D eigenvalue weighted by atomic mass is 9.44. The van der Waals surface area contributed by atoms with Crippen molar-refractivity contribution in [3.8, 4) is 5.75 Å². The van der Waals surface area contributed by atoms with Gasteiger partial charge in [-0.2, -0.15) is 13.2 Å². The van der Waals surface area contributed by atoms with Gasteiger partial charge in [-0.15, -0.1) is 11.6 Å². The third-order valence-electron chi connectivity index (χ3n) is 9.19. The third kappa shape index (κ3) is 2.76. The predicted octanol–water partition coefficient (Wildman–Crippen LogP) is 6.48. The second kappa shape index (κ2) is 6.80. The summed E-state index contributed by atoms with van der Waals surface area (Å²) in [5, 5.41) is 2.42. The smallest absolute Gasteiger partial charge is 0.417 e. The molecule has 32 heavy (non-hydrogen) atoms. The van der Waals surface area contributed by atoms with Crippen molar-refractivity contribution in [1.29, 1.82) is 0 Å². The van der Waals surface area contributed by atoms with Crippen LogP contribution in [0.1, 0.15) is 74.0 Å². The molecular weight excluding hydrogens is 507 g/mol. The van der Waals surface area contributed by atoms with Crippen LogP contribution in [0.2, 0.25) is 0 Å².